The van der Waals surface area contributed by atoms with Crippen LogP contribution in [0.25, 0.3) is 10.9 Å². The lowest BCUT2D eigenvalue weighted by Gasteiger charge is -2.21. The van der Waals surface area contributed by atoms with Gasteiger partial charge in [0.15, 0.2) is 0 Å². The minimum atomic E-state index is 0.0925. The van der Waals surface area contributed by atoms with Crippen molar-refractivity contribution in [2.24, 2.45) is 5.16 Å². The molecule has 5 heteroatoms. The van der Waals surface area contributed by atoms with Gasteiger partial charge in [-0.05, 0) is 23.8 Å². The molecule has 120 valence electrons. The molecule has 1 aliphatic heterocycles. The van der Waals surface area contributed by atoms with Gasteiger partial charge in [-0.25, -0.2) is 0 Å². The van der Waals surface area contributed by atoms with E-state index >= 15 is 0 Å². The molecule has 3 aromatic rings. The second-order valence-electron chi connectivity index (χ2n) is 6.37. The Morgan fingerprint density at radius 2 is 2.08 bits per heavy atom. The Hall–Kier alpha value is -2.95. The van der Waals surface area contributed by atoms with Crippen molar-refractivity contribution in [2.75, 3.05) is 12.4 Å². The van der Waals surface area contributed by atoms with E-state index in [0.717, 1.165) is 33.5 Å². The maximum Gasteiger partial charge on any atom is 0.124 e. The SMILES string of the molecule is COc1ccc2[nH]cc3c2c1[C@@H]1Nc2ccccc2[C@@H]1C/C3=N\O. The van der Waals surface area contributed by atoms with E-state index in [1.165, 1.54) is 5.56 Å². The lowest BCUT2D eigenvalue weighted by Crippen LogP contribution is -2.13. The molecule has 0 bridgehead atoms. The van der Waals surface area contributed by atoms with Gasteiger partial charge in [0, 0.05) is 46.3 Å². The van der Waals surface area contributed by atoms with Crippen LogP contribution in [0.1, 0.15) is 35.1 Å². The number of anilines is 1. The van der Waals surface area contributed by atoms with Crippen molar-refractivity contribution in [1.29, 1.82) is 0 Å². The zero-order chi connectivity index (χ0) is 16.3. The molecule has 5 nitrogen and oxygen atoms in total. The normalized spacial score (nSPS) is 22.8. The highest BCUT2D eigenvalue weighted by Gasteiger charge is 2.40. The fourth-order valence-corrected chi connectivity index (χ4v) is 4.26. The standard InChI is InChI=1S/C19H17N3O2/c1-24-16-7-6-14-17-12(9-20-14)15(22-23)8-11-10-4-2-3-5-13(10)21-19(11)18(16)17/h2-7,9,11,19-21,23H,8H2,1H3/b22-15+/t11-,19+/m0/s1. The second kappa shape index (κ2) is 4.77. The second-order valence-corrected chi connectivity index (χ2v) is 6.37. The number of aromatic amines is 1. The topological polar surface area (TPSA) is 69.6 Å². The quantitative estimate of drug-likeness (QED) is 0.469. The Balaban J connectivity index is 1.85. The van der Waals surface area contributed by atoms with Crippen LogP contribution in [0, 0.1) is 0 Å². The molecule has 0 saturated heterocycles. The van der Waals surface area contributed by atoms with Crippen LogP contribution in [0.15, 0.2) is 47.8 Å². The van der Waals surface area contributed by atoms with E-state index < -0.39 is 0 Å². The summed E-state index contributed by atoms with van der Waals surface area (Å²) in [6, 6.07) is 12.5. The molecule has 0 fully saturated rings. The number of methoxy groups -OCH3 is 1. The van der Waals surface area contributed by atoms with Crippen LogP contribution >= 0.6 is 0 Å². The van der Waals surface area contributed by atoms with Gasteiger partial charge in [0.2, 0.25) is 0 Å². The van der Waals surface area contributed by atoms with Gasteiger partial charge < -0.3 is 20.2 Å². The first-order valence-electron chi connectivity index (χ1n) is 8.06. The van der Waals surface area contributed by atoms with Gasteiger partial charge in [0.05, 0.1) is 18.9 Å². The van der Waals surface area contributed by atoms with E-state index in [9.17, 15) is 5.21 Å². The molecule has 1 aliphatic carbocycles. The Labute approximate surface area is 138 Å². The minimum absolute atomic E-state index is 0.0925. The van der Waals surface area contributed by atoms with E-state index in [1.807, 2.05) is 24.4 Å². The molecular formula is C19H17N3O2. The van der Waals surface area contributed by atoms with E-state index in [1.54, 1.807) is 7.11 Å². The number of oxime groups is 1. The summed E-state index contributed by atoms with van der Waals surface area (Å²) in [5.41, 5.74) is 6.22. The number of H-pyrrole nitrogens is 1. The summed E-state index contributed by atoms with van der Waals surface area (Å²) < 4.78 is 5.68. The molecule has 0 spiro atoms. The fraction of sp³-hybridized carbons (Fsp3) is 0.211. The van der Waals surface area contributed by atoms with E-state index in [0.29, 0.717) is 12.1 Å². The summed E-state index contributed by atoms with van der Waals surface area (Å²) in [4.78, 5) is 3.29. The summed E-state index contributed by atoms with van der Waals surface area (Å²) >= 11 is 0. The number of hydrogen-bond acceptors (Lipinski definition) is 4. The monoisotopic (exact) mass is 319 g/mol. The third kappa shape index (κ3) is 1.61. The van der Waals surface area contributed by atoms with E-state index in [-0.39, 0.29) is 12.0 Å². The van der Waals surface area contributed by atoms with E-state index in [4.69, 9.17) is 4.74 Å². The Morgan fingerprint density at radius 1 is 1.21 bits per heavy atom. The predicted molar refractivity (Wildman–Crippen MR) is 93.3 cm³/mol. The summed E-state index contributed by atoms with van der Waals surface area (Å²) in [6.45, 7) is 0. The molecule has 2 aliphatic rings. The van der Waals surface area contributed by atoms with Crippen LogP contribution < -0.4 is 10.1 Å². The number of rotatable bonds is 1. The highest BCUT2D eigenvalue weighted by molar-refractivity contribution is 6.13. The first-order chi connectivity index (χ1) is 11.8. The van der Waals surface area contributed by atoms with Gasteiger partial charge in [-0.2, -0.15) is 0 Å². The number of para-hydroxylation sites is 1. The number of ether oxygens (including phenoxy) is 1. The van der Waals surface area contributed by atoms with Crippen LogP contribution in [-0.4, -0.2) is 23.0 Å². The average molecular weight is 319 g/mol. The fourth-order valence-electron chi connectivity index (χ4n) is 4.26. The third-order valence-corrected chi connectivity index (χ3v) is 5.30. The first-order valence-corrected chi connectivity index (χ1v) is 8.06. The molecular weight excluding hydrogens is 302 g/mol. The van der Waals surface area contributed by atoms with Crippen molar-refractivity contribution in [3.8, 4) is 5.75 Å². The van der Waals surface area contributed by atoms with Crippen molar-refractivity contribution in [1.82, 2.24) is 4.98 Å². The Kier molecular flexibility index (Phi) is 2.68. The summed E-state index contributed by atoms with van der Waals surface area (Å²) in [5.74, 6) is 1.07. The smallest absolute Gasteiger partial charge is 0.124 e. The molecule has 1 aromatic heterocycles. The molecule has 0 saturated carbocycles. The lowest BCUT2D eigenvalue weighted by atomic mass is 9.87. The third-order valence-electron chi connectivity index (χ3n) is 5.30. The first kappa shape index (κ1) is 13.5. The van der Waals surface area contributed by atoms with Crippen molar-refractivity contribution in [3.63, 3.8) is 0 Å². The van der Waals surface area contributed by atoms with Gasteiger partial charge in [-0.15, -0.1) is 0 Å². The number of nitrogens with one attached hydrogen (secondary N) is 2. The van der Waals surface area contributed by atoms with Crippen molar-refractivity contribution in [3.05, 3.63) is 59.3 Å². The number of benzene rings is 2. The number of nitrogens with zero attached hydrogens (tertiary/aromatic N) is 1. The maximum absolute atomic E-state index is 9.63. The number of fused-ring (bicyclic) bond motifs is 4. The zero-order valence-corrected chi connectivity index (χ0v) is 13.2. The highest BCUT2D eigenvalue weighted by atomic mass is 16.5. The molecule has 0 unspecified atom stereocenters. The van der Waals surface area contributed by atoms with Crippen LogP contribution in [0.2, 0.25) is 0 Å². The minimum Gasteiger partial charge on any atom is -0.496 e. The summed E-state index contributed by atoms with van der Waals surface area (Å²) in [5, 5.41) is 18.0. The molecule has 0 amide bonds. The number of hydrogen-bond donors (Lipinski definition) is 3. The van der Waals surface area contributed by atoms with Crippen molar-refractivity contribution in [2.45, 2.75) is 18.4 Å². The summed E-state index contributed by atoms with van der Waals surface area (Å²) in [6.07, 6.45) is 2.60. The van der Waals surface area contributed by atoms with Crippen LogP contribution in [0.3, 0.4) is 0 Å². The van der Waals surface area contributed by atoms with Crippen molar-refractivity contribution >= 4 is 22.3 Å². The molecule has 2 aromatic carbocycles. The zero-order valence-electron chi connectivity index (χ0n) is 13.2. The van der Waals surface area contributed by atoms with Gasteiger partial charge in [0.25, 0.3) is 0 Å². The molecule has 5 rings (SSSR count). The van der Waals surface area contributed by atoms with Crippen molar-refractivity contribution < 1.29 is 9.94 Å². The maximum atomic E-state index is 9.63. The Bertz CT molecular complexity index is 989. The molecule has 0 radical (unpaired) electrons. The predicted octanol–water partition coefficient (Wildman–Crippen LogP) is 4.01. The van der Waals surface area contributed by atoms with Crippen LogP contribution in [0.5, 0.6) is 5.75 Å². The lowest BCUT2D eigenvalue weighted by molar-refractivity contribution is 0.317. The highest BCUT2D eigenvalue weighted by Crippen LogP contribution is 2.52. The number of aromatic nitrogens is 1. The van der Waals surface area contributed by atoms with Gasteiger partial charge in [0.1, 0.15) is 5.75 Å². The Morgan fingerprint density at radius 3 is 2.92 bits per heavy atom. The molecule has 2 heterocycles. The average Bonchev–Trinajstić information content (AvgIpc) is 3.16. The van der Waals surface area contributed by atoms with Crippen LogP contribution in [-0.2, 0) is 0 Å². The molecule has 24 heavy (non-hydrogen) atoms. The largest absolute Gasteiger partial charge is 0.496 e. The summed E-state index contributed by atoms with van der Waals surface area (Å²) in [7, 11) is 1.70. The van der Waals surface area contributed by atoms with E-state index in [2.05, 4.69) is 33.7 Å². The van der Waals surface area contributed by atoms with Gasteiger partial charge in [-0.3, -0.25) is 0 Å². The van der Waals surface area contributed by atoms with Gasteiger partial charge >= 0.3 is 0 Å². The molecule has 2 atom stereocenters. The molecule has 3 N–H and O–H groups in total. The van der Waals surface area contributed by atoms with Gasteiger partial charge in [-0.1, -0.05) is 23.4 Å². The van der Waals surface area contributed by atoms with Crippen LogP contribution in [0.4, 0.5) is 5.69 Å².